The maximum Gasteiger partial charge on any atom is 0.494 e. The smallest absolute Gasteiger partial charge is 0.468 e. The van der Waals surface area contributed by atoms with Crippen LogP contribution in [0.5, 0.6) is 0 Å². The molecular formula is C19H27BO5. The van der Waals surface area contributed by atoms with Gasteiger partial charge in [-0.3, -0.25) is 4.79 Å². The molecule has 0 radical (unpaired) electrons. The van der Waals surface area contributed by atoms with Gasteiger partial charge in [0.15, 0.2) is 0 Å². The van der Waals surface area contributed by atoms with Crippen LogP contribution >= 0.6 is 0 Å². The minimum atomic E-state index is -0.624. The van der Waals surface area contributed by atoms with E-state index in [1.807, 2.05) is 52.0 Å². The van der Waals surface area contributed by atoms with Crippen molar-refractivity contribution in [2.24, 2.45) is 0 Å². The second kappa shape index (κ2) is 6.42. The maximum atomic E-state index is 12.5. The first-order valence-electron chi connectivity index (χ1n) is 8.84. The molecule has 2 aliphatic rings. The highest BCUT2D eigenvalue weighted by Crippen LogP contribution is 2.38. The van der Waals surface area contributed by atoms with E-state index in [9.17, 15) is 4.79 Å². The summed E-state index contributed by atoms with van der Waals surface area (Å²) in [5, 5.41) is 0. The van der Waals surface area contributed by atoms with Gasteiger partial charge in [-0.05, 0) is 51.6 Å². The minimum absolute atomic E-state index is 0.195. The fourth-order valence-corrected chi connectivity index (χ4v) is 3.46. The molecule has 0 unspecified atom stereocenters. The van der Waals surface area contributed by atoms with Crippen molar-refractivity contribution in [3.8, 4) is 0 Å². The molecule has 2 saturated heterocycles. The molecule has 0 saturated carbocycles. The van der Waals surface area contributed by atoms with E-state index in [1.54, 1.807) is 0 Å². The molecule has 0 aliphatic carbocycles. The lowest BCUT2D eigenvalue weighted by Gasteiger charge is -2.35. The van der Waals surface area contributed by atoms with Crippen molar-refractivity contribution in [1.29, 1.82) is 0 Å². The summed E-state index contributed by atoms with van der Waals surface area (Å²) in [4.78, 5) is 12.5. The summed E-state index contributed by atoms with van der Waals surface area (Å²) in [6.07, 6.45) is 1.27. The predicted molar refractivity (Wildman–Crippen MR) is 95.9 cm³/mol. The Hall–Kier alpha value is -1.37. The van der Waals surface area contributed by atoms with Crippen molar-refractivity contribution in [2.75, 3.05) is 20.3 Å². The lowest BCUT2D eigenvalue weighted by molar-refractivity contribution is -0.151. The average molecular weight is 346 g/mol. The van der Waals surface area contributed by atoms with Crippen molar-refractivity contribution >= 4 is 18.6 Å². The molecule has 5 nitrogen and oxygen atoms in total. The average Bonchev–Trinajstić information content (AvgIpc) is 2.82. The van der Waals surface area contributed by atoms with E-state index in [1.165, 1.54) is 7.11 Å². The number of ether oxygens (including phenoxy) is 2. The molecule has 25 heavy (non-hydrogen) atoms. The molecule has 0 aromatic heterocycles. The monoisotopic (exact) mass is 346 g/mol. The van der Waals surface area contributed by atoms with Crippen molar-refractivity contribution in [3.63, 3.8) is 0 Å². The molecule has 3 rings (SSSR count). The molecule has 2 aliphatic heterocycles. The standard InChI is InChI=1S/C19H27BO5/c1-17(2)18(3,4)25-20(24-17)15-8-6-14(7-9-15)19(16(21)22-5)10-12-23-13-11-19/h6-9H,10-13H2,1-5H3. The Morgan fingerprint density at radius 1 is 1.00 bits per heavy atom. The largest absolute Gasteiger partial charge is 0.494 e. The maximum absolute atomic E-state index is 12.5. The Balaban J connectivity index is 1.86. The van der Waals surface area contributed by atoms with Gasteiger partial charge in [-0.1, -0.05) is 24.3 Å². The third kappa shape index (κ3) is 3.11. The molecule has 136 valence electrons. The molecule has 0 atom stereocenters. The van der Waals surface area contributed by atoms with Gasteiger partial charge in [0.1, 0.15) is 0 Å². The van der Waals surface area contributed by atoms with E-state index in [4.69, 9.17) is 18.8 Å². The van der Waals surface area contributed by atoms with Crippen molar-refractivity contribution in [2.45, 2.75) is 57.2 Å². The van der Waals surface area contributed by atoms with Crippen LogP contribution in [-0.2, 0) is 29.0 Å². The molecule has 0 N–H and O–H groups in total. The summed E-state index contributed by atoms with van der Waals surface area (Å²) < 4.78 is 22.7. The molecule has 1 aromatic rings. The summed E-state index contributed by atoms with van der Waals surface area (Å²) in [7, 11) is 1.04. The molecule has 0 amide bonds. The zero-order chi connectivity index (χ0) is 18.3. The SMILES string of the molecule is COC(=O)C1(c2ccc(B3OC(C)(C)C(C)(C)O3)cc2)CCOCC1. The van der Waals surface area contributed by atoms with Crippen LogP contribution < -0.4 is 5.46 Å². The molecule has 2 heterocycles. The lowest BCUT2D eigenvalue weighted by atomic mass is 9.72. The highest BCUT2D eigenvalue weighted by molar-refractivity contribution is 6.62. The minimum Gasteiger partial charge on any atom is -0.468 e. The van der Waals surface area contributed by atoms with E-state index in [0.717, 1.165) is 11.0 Å². The van der Waals surface area contributed by atoms with Crippen LogP contribution in [0, 0.1) is 0 Å². The summed E-state index contributed by atoms with van der Waals surface area (Å²) >= 11 is 0. The van der Waals surface area contributed by atoms with Gasteiger partial charge in [-0.15, -0.1) is 0 Å². The topological polar surface area (TPSA) is 54.0 Å². The fraction of sp³-hybridized carbons (Fsp3) is 0.632. The van der Waals surface area contributed by atoms with Crippen LogP contribution in [0.15, 0.2) is 24.3 Å². The normalized spacial score (nSPS) is 24.1. The summed E-state index contributed by atoms with van der Waals surface area (Å²) in [6, 6.07) is 7.94. The summed E-state index contributed by atoms with van der Waals surface area (Å²) in [5.74, 6) is -0.195. The second-order valence-electron chi connectivity index (χ2n) is 7.90. The Kier molecular flexibility index (Phi) is 4.73. The quantitative estimate of drug-likeness (QED) is 0.620. The highest BCUT2D eigenvalue weighted by Gasteiger charge is 2.52. The second-order valence-corrected chi connectivity index (χ2v) is 7.90. The Bertz CT molecular complexity index is 616. The zero-order valence-electron chi connectivity index (χ0n) is 15.8. The van der Waals surface area contributed by atoms with Crippen molar-refractivity contribution in [3.05, 3.63) is 29.8 Å². The number of carbonyl (C=O) groups excluding carboxylic acids is 1. The molecule has 6 heteroatoms. The number of carbonyl (C=O) groups is 1. The van der Waals surface area contributed by atoms with E-state index >= 15 is 0 Å². The fourth-order valence-electron chi connectivity index (χ4n) is 3.46. The van der Waals surface area contributed by atoms with Crippen molar-refractivity contribution < 1.29 is 23.6 Å². The van der Waals surface area contributed by atoms with Gasteiger partial charge in [0, 0.05) is 13.2 Å². The number of methoxy groups -OCH3 is 1. The third-order valence-corrected chi connectivity index (χ3v) is 5.91. The molecule has 1 aromatic carbocycles. The Morgan fingerprint density at radius 3 is 2.00 bits per heavy atom. The first kappa shape index (κ1) is 18.4. The highest BCUT2D eigenvalue weighted by atomic mass is 16.7. The van der Waals surface area contributed by atoms with E-state index in [-0.39, 0.29) is 17.2 Å². The number of benzene rings is 1. The van der Waals surface area contributed by atoms with Crippen LogP contribution in [0.3, 0.4) is 0 Å². The molecular weight excluding hydrogens is 319 g/mol. The van der Waals surface area contributed by atoms with Gasteiger partial charge in [0.25, 0.3) is 0 Å². The number of esters is 1. The first-order valence-corrected chi connectivity index (χ1v) is 8.84. The summed E-state index contributed by atoms with van der Waals surface area (Å²) in [5.41, 5.74) is 0.549. The molecule has 0 spiro atoms. The third-order valence-electron chi connectivity index (χ3n) is 5.91. The molecule has 0 bridgehead atoms. The van der Waals surface area contributed by atoms with E-state index < -0.39 is 12.5 Å². The number of hydrogen-bond acceptors (Lipinski definition) is 5. The van der Waals surface area contributed by atoms with Crippen LogP contribution in [0.25, 0.3) is 0 Å². The van der Waals surface area contributed by atoms with Crippen LogP contribution in [0.4, 0.5) is 0 Å². The Morgan fingerprint density at radius 2 is 1.52 bits per heavy atom. The zero-order valence-corrected chi connectivity index (χ0v) is 15.8. The van der Waals surface area contributed by atoms with Gasteiger partial charge in [0.2, 0.25) is 0 Å². The van der Waals surface area contributed by atoms with Gasteiger partial charge < -0.3 is 18.8 Å². The van der Waals surface area contributed by atoms with Crippen LogP contribution in [0.1, 0.15) is 46.1 Å². The van der Waals surface area contributed by atoms with Gasteiger partial charge >= 0.3 is 13.1 Å². The van der Waals surface area contributed by atoms with Gasteiger partial charge in [-0.2, -0.15) is 0 Å². The van der Waals surface area contributed by atoms with Crippen molar-refractivity contribution in [1.82, 2.24) is 0 Å². The first-order chi connectivity index (χ1) is 11.7. The van der Waals surface area contributed by atoms with Gasteiger partial charge in [0.05, 0.1) is 23.7 Å². The van der Waals surface area contributed by atoms with Gasteiger partial charge in [-0.25, -0.2) is 0 Å². The molecule has 2 fully saturated rings. The van der Waals surface area contributed by atoms with E-state index in [0.29, 0.717) is 26.1 Å². The number of rotatable bonds is 3. The summed E-state index contributed by atoms with van der Waals surface area (Å²) in [6.45, 7) is 9.28. The van der Waals surface area contributed by atoms with Crippen LogP contribution in [0.2, 0.25) is 0 Å². The number of hydrogen-bond donors (Lipinski definition) is 0. The lowest BCUT2D eigenvalue weighted by Crippen LogP contribution is -2.42. The van der Waals surface area contributed by atoms with E-state index in [2.05, 4.69) is 0 Å². The predicted octanol–water partition coefficient (Wildman–Crippen LogP) is 2.21. The van der Waals surface area contributed by atoms with Crippen LogP contribution in [-0.4, -0.2) is 44.6 Å². The Labute approximate surface area is 150 Å².